The zero-order valence-corrected chi connectivity index (χ0v) is 8.97. The van der Waals surface area contributed by atoms with Crippen molar-refractivity contribution in [3.63, 3.8) is 0 Å². The lowest BCUT2D eigenvalue weighted by Crippen LogP contribution is -2.41. The summed E-state index contributed by atoms with van der Waals surface area (Å²) in [5.74, 6) is -0.557. The molecule has 0 fully saturated rings. The SMILES string of the molecule is C[C@@H](N)C(=O)NC(=O)OCc1ccccc1. The van der Waals surface area contributed by atoms with E-state index < -0.39 is 18.0 Å². The summed E-state index contributed by atoms with van der Waals surface area (Å²) in [7, 11) is 0. The van der Waals surface area contributed by atoms with Gasteiger partial charge in [-0.15, -0.1) is 0 Å². The highest BCUT2D eigenvalue weighted by atomic mass is 16.5. The Morgan fingerprint density at radius 2 is 2.00 bits per heavy atom. The van der Waals surface area contributed by atoms with Crippen molar-refractivity contribution in [3.8, 4) is 0 Å². The van der Waals surface area contributed by atoms with E-state index in [4.69, 9.17) is 10.5 Å². The van der Waals surface area contributed by atoms with Crippen LogP contribution in [0.2, 0.25) is 0 Å². The molecule has 1 rings (SSSR count). The molecule has 0 radical (unpaired) electrons. The molecule has 5 heteroatoms. The van der Waals surface area contributed by atoms with E-state index in [1.807, 2.05) is 35.6 Å². The van der Waals surface area contributed by atoms with E-state index in [9.17, 15) is 9.59 Å². The number of imide groups is 1. The summed E-state index contributed by atoms with van der Waals surface area (Å²) in [5, 5.41) is 2.02. The number of alkyl carbamates (subject to hydrolysis) is 1. The van der Waals surface area contributed by atoms with Gasteiger partial charge in [0.2, 0.25) is 5.91 Å². The van der Waals surface area contributed by atoms with Crippen LogP contribution in [-0.2, 0) is 16.1 Å². The number of benzene rings is 1. The fourth-order valence-electron chi connectivity index (χ4n) is 0.974. The molecule has 5 nitrogen and oxygen atoms in total. The predicted molar refractivity (Wildman–Crippen MR) is 58.4 cm³/mol. The Kier molecular flexibility index (Phi) is 4.47. The fraction of sp³-hybridized carbons (Fsp3) is 0.273. The van der Waals surface area contributed by atoms with Crippen LogP contribution in [0.3, 0.4) is 0 Å². The number of nitrogens with two attached hydrogens (primary N) is 1. The Bertz CT molecular complexity index is 363. The molecule has 2 amide bonds. The van der Waals surface area contributed by atoms with E-state index in [0.29, 0.717) is 0 Å². The zero-order valence-electron chi connectivity index (χ0n) is 8.97. The van der Waals surface area contributed by atoms with Gasteiger partial charge < -0.3 is 10.5 Å². The molecule has 86 valence electrons. The van der Waals surface area contributed by atoms with E-state index in [1.165, 1.54) is 6.92 Å². The average Bonchev–Trinajstić information content (AvgIpc) is 2.27. The smallest absolute Gasteiger partial charge is 0.414 e. The van der Waals surface area contributed by atoms with Gasteiger partial charge in [-0.2, -0.15) is 0 Å². The highest BCUT2D eigenvalue weighted by Crippen LogP contribution is 2.00. The first-order valence-corrected chi connectivity index (χ1v) is 4.86. The van der Waals surface area contributed by atoms with Crippen molar-refractivity contribution in [2.75, 3.05) is 0 Å². The lowest BCUT2D eigenvalue weighted by Gasteiger charge is -2.07. The standard InChI is InChI=1S/C11H14N2O3/c1-8(12)10(14)13-11(15)16-7-9-5-3-2-4-6-9/h2-6,8H,7,12H2,1H3,(H,13,14,15)/t8-/m1/s1. The highest BCUT2D eigenvalue weighted by Gasteiger charge is 2.12. The first-order chi connectivity index (χ1) is 7.59. The highest BCUT2D eigenvalue weighted by molar-refractivity contribution is 5.94. The molecular formula is C11H14N2O3. The number of nitrogens with one attached hydrogen (secondary N) is 1. The summed E-state index contributed by atoms with van der Waals surface area (Å²) < 4.78 is 4.82. The maximum absolute atomic E-state index is 11.1. The topological polar surface area (TPSA) is 81.4 Å². The van der Waals surface area contributed by atoms with Crippen LogP contribution in [0, 0.1) is 0 Å². The van der Waals surface area contributed by atoms with Crippen molar-refractivity contribution in [2.45, 2.75) is 19.6 Å². The lowest BCUT2D eigenvalue weighted by atomic mass is 10.2. The maximum Gasteiger partial charge on any atom is 0.414 e. The van der Waals surface area contributed by atoms with Crippen LogP contribution < -0.4 is 11.1 Å². The van der Waals surface area contributed by atoms with Crippen molar-refractivity contribution in [1.29, 1.82) is 0 Å². The first kappa shape index (κ1) is 12.2. The van der Waals surface area contributed by atoms with Gasteiger partial charge in [0.05, 0.1) is 6.04 Å². The molecular weight excluding hydrogens is 208 g/mol. The molecule has 1 aromatic carbocycles. The van der Waals surface area contributed by atoms with Gasteiger partial charge in [-0.05, 0) is 12.5 Å². The summed E-state index contributed by atoms with van der Waals surface area (Å²) in [4.78, 5) is 22.1. The van der Waals surface area contributed by atoms with Crippen molar-refractivity contribution in [1.82, 2.24) is 5.32 Å². The second kappa shape index (κ2) is 5.87. The normalized spacial score (nSPS) is 11.6. The van der Waals surface area contributed by atoms with Gasteiger partial charge >= 0.3 is 6.09 Å². The summed E-state index contributed by atoms with van der Waals surface area (Å²) in [5.41, 5.74) is 6.12. The fourth-order valence-corrected chi connectivity index (χ4v) is 0.974. The largest absolute Gasteiger partial charge is 0.444 e. The van der Waals surface area contributed by atoms with Crippen molar-refractivity contribution in [3.05, 3.63) is 35.9 Å². The molecule has 0 aromatic heterocycles. The molecule has 0 spiro atoms. The third kappa shape index (κ3) is 4.10. The summed E-state index contributed by atoms with van der Waals surface area (Å²) in [6.07, 6.45) is -0.786. The number of hydrogen-bond donors (Lipinski definition) is 2. The third-order valence-electron chi connectivity index (χ3n) is 1.85. The van der Waals surface area contributed by atoms with Gasteiger partial charge in [0.25, 0.3) is 0 Å². The molecule has 16 heavy (non-hydrogen) atoms. The molecule has 0 bridgehead atoms. The van der Waals surface area contributed by atoms with Crippen LogP contribution in [0.25, 0.3) is 0 Å². The van der Waals surface area contributed by atoms with Crippen LogP contribution >= 0.6 is 0 Å². The van der Waals surface area contributed by atoms with Crippen LogP contribution in [-0.4, -0.2) is 18.0 Å². The number of rotatable bonds is 3. The average molecular weight is 222 g/mol. The van der Waals surface area contributed by atoms with E-state index in [-0.39, 0.29) is 6.61 Å². The monoisotopic (exact) mass is 222 g/mol. The molecule has 0 aliphatic carbocycles. The number of hydrogen-bond acceptors (Lipinski definition) is 4. The number of carbonyl (C=O) groups excluding carboxylic acids is 2. The second-order valence-corrected chi connectivity index (χ2v) is 3.34. The van der Waals surface area contributed by atoms with Gasteiger partial charge in [-0.3, -0.25) is 10.1 Å². The van der Waals surface area contributed by atoms with E-state index >= 15 is 0 Å². The van der Waals surface area contributed by atoms with Crippen molar-refractivity contribution >= 4 is 12.0 Å². The van der Waals surface area contributed by atoms with Gasteiger partial charge in [0.1, 0.15) is 6.61 Å². The lowest BCUT2D eigenvalue weighted by molar-refractivity contribution is -0.121. The molecule has 1 aromatic rings. The van der Waals surface area contributed by atoms with Crippen molar-refractivity contribution in [2.24, 2.45) is 5.73 Å². The van der Waals surface area contributed by atoms with Gasteiger partial charge in [-0.25, -0.2) is 4.79 Å². The molecule has 0 saturated carbocycles. The van der Waals surface area contributed by atoms with Crippen LogP contribution in [0.4, 0.5) is 4.79 Å². The summed E-state index contributed by atoms with van der Waals surface area (Å²) in [6, 6.07) is 8.45. The minimum Gasteiger partial charge on any atom is -0.444 e. The van der Waals surface area contributed by atoms with E-state index in [2.05, 4.69) is 0 Å². The maximum atomic E-state index is 11.1. The second-order valence-electron chi connectivity index (χ2n) is 3.34. The zero-order chi connectivity index (χ0) is 12.0. The van der Waals surface area contributed by atoms with Crippen LogP contribution in [0.5, 0.6) is 0 Å². The van der Waals surface area contributed by atoms with E-state index in [0.717, 1.165) is 5.56 Å². The Hall–Kier alpha value is -1.88. The van der Waals surface area contributed by atoms with Gasteiger partial charge in [-0.1, -0.05) is 30.3 Å². The van der Waals surface area contributed by atoms with Gasteiger partial charge in [0, 0.05) is 0 Å². The first-order valence-electron chi connectivity index (χ1n) is 4.86. The molecule has 0 unspecified atom stereocenters. The quantitative estimate of drug-likeness (QED) is 0.792. The Balaban J connectivity index is 2.34. The molecule has 3 N–H and O–H groups in total. The Labute approximate surface area is 93.6 Å². The van der Waals surface area contributed by atoms with Gasteiger partial charge in [0.15, 0.2) is 0 Å². The summed E-state index contributed by atoms with van der Waals surface area (Å²) >= 11 is 0. The number of ether oxygens (including phenoxy) is 1. The molecule has 0 aliphatic heterocycles. The predicted octanol–water partition coefficient (Wildman–Crippen LogP) is 0.787. The van der Waals surface area contributed by atoms with Crippen LogP contribution in [0.1, 0.15) is 12.5 Å². The minimum atomic E-state index is -0.786. The minimum absolute atomic E-state index is 0.124. The molecule has 0 saturated heterocycles. The number of amides is 2. The Morgan fingerprint density at radius 3 is 2.56 bits per heavy atom. The molecule has 0 heterocycles. The molecule has 0 aliphatic rings. The third-order valence-corrected chi connectivity index (χ3v) is 1.85. The number of carbonyl (C=O) groups is 2. The molecule has 1 atom stereocenters. The summed E-state index contributed by atoms with van der Waals surface area (Å²) in [6.45, 7) is 1.61. The van der Waals surface area contributed by atoms with Crippen molar-refractivity contribution < 1.29 is 14.3 Å². The Morgan fingerprint density at radius 1 is 1.38 bits per heavy atom. The van der Waals surface area contributed by atoms with Crippen LogP contribution in [0.15, 0.2) is 30.3 Å². The van der Waals surface area contributed by atoms with E-state index in [1.54, 1.807) is 0 Å².